The molecule has 1 atom stereocenters. The van der Waals surface area contributed by atoms with Gasteiger partial charge in [0.15, 0.2) is 0 Å². The monoisotopic (exact) mass is 222 g/mol. The van der Waals surface area contributed by atoms with Crippen molar-refractivity contribution >= 4 is 5.91 Å². The number of carbonyl (C=O) groups is 1. The van der Waals surface area contributed by atoms with Crippen molar-refractivity contribution in [3.05, 3.63) is 34.2 Å². The van der Waals surface area contributed by atoms with Gasteiger partial charge in [-0.2, -0.15) is 0 Å². The van der Waals surface area contributed by atoms with Crippen LogP contribution in [0.3, 0.4) is 0 Å². The summed E-state index contributed by atoms with van der Waals surface area (Å²) >= 11 is 0. The smallest absolute Gasteiger partial charge is 0.270 e. The van der Waals surface area contributed by atoms with Crippen molar-refractivity contribution in [3.8, 4) is 0 Å². The van der Waals surface area contributed by atoms with Crippen molar-refractivity contribution < 1.29 is 9.53 Å². The zero-order valence-corrected chi connectivity index (χ0v) is 9.10. The van der Waals surface area contributed by atoms with Crippen LogP contribution in [-0.4, -0.2) is 41.6 Å². The van der Waals surface area contributed by atoms with Crippen LogP contribution >= 0.6 is 0 Å². The minimum Gasteiger partial charge on any atom is -0.377 e. The predicted octanol–water partition coefficient (Wildman–Crippen LogP) is 0.236. The van der Waals surface area contributed by atoms with Crippen LogP contribution in [0, 0.1) is 0 Å². The second-order valence-corrected chi connectivity index (χ2v) is 3.85. The van der Waals surface area contributed by atoms with Gasteiger partial charge in [-0.05, 0) is 13.0 Å². The van der Waals surface area contributed by atoms with E-state index in [9.17, 15) is 9.59 Å². The lowest BCUT2D eigenvalue weighted by molar-refractivity contribution is 0.00326. The Morgan fingerprint density at radius 3 is 3.06 bits per heavy atom. The minimum atomic E-state index is -0.258. The number of carbonyl (C=O) groups excluding carboxylic acids is 1. The number of hydrogen-bond donors (Lipinski definition) is 1. The first kappa shape index (κ1) is 10.9. The van der Waals surface area contributed by atoms with Crippen LogP contribution in [-0.2, 0) is 4.74 Å². The lowest BCUT2D eigenvalue weighted by Crippen LogP contribution is -2.47. The van der Waals surface area contributed by atoms with E-state index >= 15 is 0 Å². The van der Waals surface area contributed by atoms with Gasteiger partial charge >= 0.3 is 0 Å². The number of amides is 1. The van der Waals surface area contributed by atoms with Crippen LogP contribution in [0.2, 0.25) is 0 Å². The van der Waals surface area contributed by atoms with Crippen LogP contribution in [0.4, 0.5) is 0 Å². The van der Waals surface area contributed by atoms with Crippen LogP contribution in [0.15, 0.2) is 23.0 Å². The zero-order valence-electron chi connectivity index (χ0n) is 9.10. The summed E-state index contributed by atoms with van der Waals surface area (Å²) in [4.78, 5) is 27.4. The van der Waals surface area contributed by atoms with E-state index in [0.29, 0.717) is 25.5 Å². The molecule has 1 aliphatic heterocycles. The summed E-state index contributed by atoms with van der Waals surface area (Å²) in [5.74, 6) is -0.145. The third kappa shape index (κ3) is 2.14. The van der Waals surface area contributed by atoms with Gasteiger partial charge in [0.25, 0.3) is 5.91 Å². The summed E-state index contributed by atoms with van der Waals surface area (Å²) in [5, 5.41) is 0. The number of nitrogens with one attached hydrogen (secondary N) is 1. The third-order valence-corrected chi connectivity index (χ3v) is 2.63. The molecule has 1 saturated heterocycles. The van der Waals surface area contributed by atoms with E-state index < -0.39 is 0 Å². The summed E-state index contributed by atoms with van der Waals surface area (Å²) in [7, 11) is 0. The maximum absolute atomic E-state index is 12.1. The van der Waals surface area contributed by atoms with Crippen molar-refractivity contribution in [3.63, 3.8) is 0 Å². The number of H-pyrrole nitrogens is 1. The Bertz CT molecular complexity index is 441. The lowest BCUT2D eigenvalue weighted by atomic mass is 10.2. The fraction of sp³-hybridized carbons (Fsp3) is 0.455. The molecule has 5 heteroatoms. The average Bonchev–Trinajstić information content (AvgIpc) is 2.29. The molecule has 0 aromatic carbocycles. The van der Waals surface area contributed by atoms with Crippen molar-refractivity contribution in [2.45, 2.75) is 13.0 Å². The molecule has 0 radical (unpaired) electrons. The first-order valence-corrected chi connectivity index (χ1v) is 5.26. The topological polar surface area (TPSA) is 62.4 Å². The molecule has 0 spiro atoms. The molecule has 1 amide bonds. The molecule has 1 unspecified atom stereocenters. The van der Waals surface area contributed by atoms with Crippen LogP contribution in [0.25, 0.3) is 0 Å². The number of hydrogen-bond acceptors (Lipinski definition) is 3. The van der Waals surface area contributed by atoms with Gasteiger partial charge in [-0.3, -0.25) is 9.59 Å². The van der Waals surface area contributed by atoms with Gasteiger partial charge in [0, 0.05) is 12.6 Å². The molecule has 0 bridgehead atoms. The van der Waals surface area contributed by atoms with Crippen molar-refractivity contribution in [1.82, 2.24) is 9.88 Å². The van der Waals surface area contributed by atoms with Gasteiger partial charge in [0.1, 0.15) is 5.69 Å². The molecule has 0 aliphatic carbocycles. The van der Waals surface area contributed by atoms with Crippen LogP contribution in [0.1, 0.15) is 17.4 Å². The number of morpholine rings is 1. The highest BCUT2D eigenvalue weighted by molar-refractivity contribution is 5.92. The van der Waals surface area contributed by atoms with Crippen molar-refractivity contribution in [1.29, 1.82) is 0 Å². The standard InChI is InChI=1S/C11H14N2O3/c1-8-7-16-6-5-13(8)11(15)9-3-2-4-10(14)12-9/h2-4,8H,5-7H2,1H3,(H,12,14). The molecule has 2 heterocycles. The van der Waals surface area contributed by atoms with Crippen LogP contribution in [0.5, 0.6) is 0 Å². The van der Waals surface area contributed by atoms with E-state index in [1.165, 1.54) is 6.07 Å². The Morgan fingerprint density at radius 1 is 1.56 bits per heavy atom. The molecule has 0 saturated carbocycles. The highest BCUT2D eigenvalue weighted by Gasteiger charge is 2.24. The van der Waals surface area contributed by atoms with E-state index in [0.717, 1.165) is 0 Å². The maximum atomic E-state index is 12.1. The average molecular weight is 222 g/mol. The van der Waals surface area contributed by atoms with Crippen LogP contribution < -0.4 is 5.56 Å². The lowest BCUT2D eigenvalue weighted by Gasteiger charge is -2.33. The quantitative estimate of drug-likeness (QED) is 0.740. The zero-order chi connectivity index (χ0) is 11.5. The second kappa shape index (κ2) is 4.49. The number of aromatic amines is 1. The molecule has 1 aromatic rings. The van der Waals surface area contributed by atoms with Gasteiger partial charge in [0.2, 0.25) is 5.56 Å². The molecule has 16 heavy (non-hydrogen) atoms. The number of ether oxygens (including phenoxy) is 1. The molecule has 5 nitrogen and oxygen atoms in total. The van der Waals surface area contributed by atoms with E-state index in [-0.39, 0.29) is 17.5 Å². The highest BCUT2D eigenvalue weighted by atomic mass is 16.5. The summed E-state index contributed by atoms with van der Waals surface area (Å²) in [6.07, 6.45) is 0. The SMILES string of the molecule is CC1COCCN1C(=O)c1cccc(=O)[nH]1. The number of aromatic nitrogens is 1. The van der Waals surface area contributed by atoms with E-state index in [4.69, 9.17) is 4.74 Å². The fourth-order valence-corrected chi connectivity index (χ4v) is 1.76. The maximum Gasteiger partial charge on any atom is 0.270 e. The van der Waals surface area contributed by atoms with E-state index in [2.05, 4.69) is 4.98 Å². The van der Waals surface area contributed by atoms with E-state index in [1.54, 1.807) is 17.0 Å². The molecule has 1 fully saturated rings. The normalized spacial score (nSPS) is 20.8. The number of nitrogens with zero attached hydrogens (tertiary/aromatic N) is 1. The molecular weight excluding hydrogens is 208 g/mol. The molecule has 1 aromatic heterocycles. The van der Waals surface area contributed by atoms with Gasteiger partial charge < -0.3 is 14.6 Å². The summed E-state index contributed by atoms with van der Waals surface area (Å²) in [6.45, 7) is 3.59. The molecule has 1 aliphatic rings. The highest BCUT2D eigenvalue weighted by Crippen LogP contribution is 2.09. The van der Waals surface area contributed by atoms with Crippen molar-refractivity contribution in [2.75, 3.05) is 19.8 Å². The molecule has 2 rings (SSSR count). The number of pyridine rings is 1. The molecule has 86 valence electrons. The van der Waals surface area contributed by atoms with Gasteiger partial charge in [-0.15, -0.1) is 0 Å². The predicted molar refractivity (Wildman–Crippen MR) is 58.4 cm³/mol. The number of rotatable bonds is 1. The van der Waals surface area contributed by atoms with Gasteiger partial charge in [-0.25, -0.2) is 0 Å². The molecule has 1 N–H and O–H groups in total. The minimum absolute atomic E-state index is 0.0463. The first-order chi connectivity index (χ1) is 7.68. The summed E-state index contributed by atoms with van der Waals surface area (Å²) in [6, 6.07) is 4.63. The Hall–Kier alpha value is -1.62. The summed E-state index contributed by atoms with van der Waals surface area (Å²) in [5.41, 5.74) is 0.0769. The fourth-order valence-electron chi connectivity index (χ4n) is 1.76. The van der Waals surface area contributed by atoms with Crippen molar-refractivity contribution in [2.24, 2.45) is 0 Å². The Labute approximate surface area is 93.0 Å². The Balaban J connectivity index is 2.21. The Morgan fingerprint density at radius 2 is 2.38 bits per heavy atom. The van der Waals surface area contributed by atoms with E-state index in [1.807, 2.05) is 6.92 Å². The molecular formula is C11H14N2O3. The third-order valence-electron chi connectivity index (χ3n) is 2.63. The Kier molecular flexibility index (Phi) is 3.05. The first-order valence-electron chi connectivity index (χ1n) is 5.26. The second-order valence-electron chi connectivity index (χ2n) is 3.85. The summed E-state index contributed by atoms with van der Waals surface area (Å²) < 4.78 is 5.26. The van der Waals surface area contributed by atoms with Gasteiger partial charge in [-0.1, -0.05) is 6.07 Å². The van der Waals surface area contributed by atoms with Gasteiger partial charge in [0.05, 0.1) is 19.3 Å². The largest absolute Gasteiger partial charge is 0.377 e.